The van der Waals surface area contributed by atoms with Crippen LogP contribution in [-0.2, 0) is 11.8 Å². The number of benzene rings is 1. The fourth-order valence-electron chi connectivity index (χ4n) is 1.77. The zero-order valence-electron chi connectivity index (χ0n) is 9.77. The molecule has 6 nitrogen and oxygen atoms in total. The molecule has 0 saturated heterocycles. The fraction of sp³-hybridized carbons (Fsp3) is 0.273. The standard InChI is InChI=1S/C11H15N5O/c1-6-14-8-5-7(10(12)11(17)15-13)3-4-9(8)16(6)2/h3-5,10H,12-13H2,1-2H3,(H,15,17). The largest absolute Gasteiger partial charge is 0.331 e. The highest BCUT2D eigenvalue weighted by molar-refractivity contribution is 5.84. The van der Waals surface area contributed by atoms with Crippen molar-refractivity contribution >= 4 is 16.9 Å². The van der Waals surface area contributed by atoms with Gasteiger partial charge in [-0.1, -0.05) is 6.07 Å². The number of amides is 1. The molecule has 6 heteroatoms. The third-order valence-electron chi connectivity index (χ3n) is 2.91. The summed E-state index contributed by atoms with van der Waals surface area (Å²) in [6, 6.07) is 4.74. The third-order valence-corrected chi connectivity index (χ3v) is 2.91. The van der Waals surface area contributed by atoms with Gasteiger partial charge in [-0.25, -0.2) is 10.8 Å². The molecule has 0 aliphatic rings. The zero-order chi connectivity index (χ0) is 12.6. The lowest BCUT2D eigenvalue weighted by Gasteiger charge is -2.09. The van der Waals surface area contributed by atoms with Crippen LogP contribution in [0.1, 0.15) is 17.4 Å². The van der Waals surface area contributed by atoms with Crippen molar-refractivity contribution in [2.45, 2.75) is 13.0 Å². The van der Waals surface area contributed by atoms with Gasteiger partial charge in [0.2, 0.25) is 0 Å². The normalized spacial score (nSPS) is 12.7. The summed E-state index contributed by atoms with van der Waals surface area (Å²) in [5, 5.41) is 0. The average Bonchev–Trinajstić information content (AvgIpc) is 2.62. The van der Waals surface area contributed by atoms with E-state index in [1.807, 2.05) is 42.2 Å². The quantitative estimate of drug-likeness (QED) is 0.382. The Morgan fingerprint density at radius 1 is 1.53 bits per heavy atom. The zero-order valence-corrected chi connectivity index (χ0v) is 9.77. The van der Waals surface area contributed by atoms with Crippen molar-refractivity contribution in [2.24, 2.45) is 18.6 Å². The van der Waals surface area contributed by atoms with E-state index in [4.69, 9.17) is 11.6 Å². The first-order valence-electron chi connectivity index (χ1n) is 5.23. The predicted molar refractivity (Wildman–Crippen MR) is 64.7 cm³/mol. The summed E-state index contributed by atoms with van der Waals surface area (Å²) in [6.45, 7) is 1.92. The van der Waals surface area contributed by atoms with Crippen LogP contribution in [0.2, 0.25) is 0 Å². The number of fused-ring (bicyclic) bond motifs is 1. The number of hydrogen-bond donors (Lipinski definition) is 3. The first-order chi connectivity index (χ1) is 8.04. The number of carbonyl (C=O) groups is 1. The number of carbonyl (C=O) groups excluding carboxylic acids is 1. The lowest BCUT2D eigenvalue weighted by molar-refractivity contribution is -0.122. The second-order valence-electron chi connectivity index (χ2n) is 3.95. The van der Waals surface area contributed by atoms with E-state index >= 15 is 0 Å². The fourth-order valence-corrected chi connectivity index (χ4v) is 1.77. The molecule has 1 aromatic heterocycles. The molecule has 0 spiro atoms. The number of hydrogen-bond acceptors (Lipinski definition) is 4. The molecule has 0 aliphatic carbocycles. The third kappa shape index (κ3) is 1.88. The number of nitrogens with one attached hydrogen (secondary N) is 1. The first-order valence-corrected chi connectivity index (χ1v) is 5.23. The minimum absolute atomic E-state index is 0.419. The summed E-state index contributed by atoms with van der Waals surface area (Å²) in [6.07, 6.45) is 0. The van der Waals surface area contributed by atoms with Crippen molar-refractivity contribution in [3.8, 4) is 0 Å². The highest BCUT2D eigenvalue weighted by Gasteiger charge is 2.15. The van der Waals surface area contributed by atoms with Gasteiger partial charge in [0.25, 0.3) is 5.91 Å². The van der Waals surface area contributed by atoms with Gasteiger partial charge < -0.3 is 10.3 Å². The van der Waals surface area contributed by atoms with Crippen LogP contribution in [-0.4, -0.2) is 15.5 Å². The smallest absolute Gasteiger partial charge is 0.255 e. The Balaban J connectivity index is 2.48. The Hall–Kier alpha value is -1.92. The van der Waals surface area contributed by atoms with Crippen molar-refractivity contribution in [2.75, 3.05) is 0 Å². The van der Waals surface area contributed by atoms with E-state index in [0.717, 1.165) is 16.9 Å². The molecule has 1 unspecified atom stereocenters. The molecule has 0 bridgehead atoms. The minimum Gasteiger partial charge on any atom is -0.331 e. The second-order valence-corrected chi connectivity index (χ2v) is 3.95. The number of rotatable bonds is 2. The summed E-state index contributed by atoms with van der Waals surface area (Å²) in [7, 11) is 1.94. The lowest BCUT2D eigenvalue weighted by atomic mass is 10.1. The van der Waals surface area contributed by atoms with Gasteiger partial charge in [-0.3, -0.25) is 10.2 Å². The Kier molecular flexibility index (Phi) is 2.83. The van der Waals surface area contributed by atoms with Gasteiger partial charge in [-0.2, -0.15) is 0 Å². The molecule has 0 saturated carbocycles. The number of nitrogens with two attached hydrogens (primary N) is 2. The van der Waals surface area contributed by atoms with E-state index in [1.165, 1.54) is 0 Å². The van der Waals surface area contributed by atoms with Crippen molar-refractivity contribution < 1.29 is 4.79 Å². The molecule has 0 radical (unpaired) electrons. The van der Waals surface area contributed by atoms with E-state index in [9.17, 15) is 4.79 Å². The highest BCUT2D eigenvalue weighted by Crippen LogP contribution is 2.19. The number of nitrogens with zero attached hydrogens (tertiary/aromatic N) is 2. The Morgan fingerprint density at radius 2 is 2.24 bits per heavy atom. The van der Waals surface area contributed by atoms with Crippen molar-refractivity contribution in [1.82, 2.24) is 15.0 Å². The van der Waals surface area contributed by atoms with Crippen LogP contribution in [0, 0.1) is 6.92 Å². The molecule has 1 heterocycles. The lowest BCUT2D eigenvalue weighted by Crippen LogP contribution is -2.38. The molecular weight excluding hydrogens is 218 g/mol. The molecule has 2 rings (SSSR count). The topological polar surface area (TPSA) is 99.0 Å². The van der Waals surface area contributed by atoms with E-state index < -0.39 is 11.9 Å². The van der Waals surface area contributed by atoms with Crippen LogP contribution >= 0.6 is 0 Å². The average molecular weight is 233 g/mol. The maximum Gasteiger partial charge on any atom is 0.255 e. The van der Waals surface area contributed by atoms with Gasteiger partial charge in [0.1, 0.15) is 11.9 Å². The number of hydrazine groups is 1. The molecule has 1 aromatic carbocycles. The van der Waals surface area contributed by atoms with Gasteiger partial charge in [-0.05, 0) is 24.6 Å². The summed E-state index contributed by atoms with van der Waals surface area (Å²) in [5.74, 6) is 5.54. The van der Waals surface area contributed by atoms with Crippen LogP contribution in [0.15, 0.2) is 18.2 Å². The van der Waals surface area contributed by atoms with Crippen molar-refractivity contribution in [3.63, 3.8) is 0 Å². The molecule has 5 N–H and O–H groups in total. The Labute approximate surface area is 98.6 Å². The molecule has 1 atom stereocenters. The maximum atomic E-state index is 11.3. The van der Waals surface area contributed by atoms with Crippen LogP contribution in [0.25, 0.3) is 11.0 Å². The SMILES string of the molecule is Cc1nc2cc(C(N)C(=O)NN)ccc2n1C. The molecule has 17 heavy (non-hydrogen) atoms. The van der Waals surface area contributed by atoms with E-state index in [1.54, 1.807) is 0 Å². The summed E-state index contributed by atoms with van der Waals surface area (Å²) in [5.41, 5.74) is 10.3. The number of aromatic nitrogens is 2. The number of imidazole rings is 1. The second kappa shape index (κ2) is 4.15. The molecule has 90 valence electrons. The highest BCUT2D eigenvalue weighted by atomic mass is 16.2. The van der Waals surface area contributed by atoms with E-state index in [-0.39, 0.29) is 0 Å². The minimum atomic E-state index is -0.772. The Morgan fingerprint density at radius 3 is 2.88 bits per heavy atom. The summed E-state index contributed by atoms with van der Waals surface area (Å²) < 4.78 is 1.98. The van der Waals surface area contributed by atoms with E-state index in [0.29, 0.717) is 5.56 Å². The van der Waals surface area contributed by atoms with Crippen LogP contribution in [0.5, 0.6) is 0 Å². The molecule has 0 aliphatic heterocycles. The number of aryl methyl sites for hydroxylation is 2. The van der Waals surface area contributed by atoms with Crippen LogP contribution < -0.4 is 17.0 Å². The Bertz CT molecular complexity index is 574. The van der Waals surface area contributed by atoms with Crippen LogP contribution in [0.4, 0.5) is 0 Å². The van der Waals surface area contributed by atoms with Crippen molar-refractivity contribution in [3.05, 3.63) is 29.6 Å². The molecule has 0 fully saturated rings. The van der Waals surface area contributed by atoms with Crippen LogP contribution in [0.3, 0.4) is 0 Å². The first kappa shape index (κ1) is 11.6. The van der Waals surface area contributed by atoms with Gasteiger partial charge in [0.15, 0.2) is 0 Å². The van der Waals surface area contributed by atoms with Gasteiger partial charge in [0, 0.05) is 7.05 Å². The monoisotopic (exact) mass is 233 g/mol. The summed E-state index contributed by atoms with van der Waals surface area (Å²) >= 11 is 0. The maximum absolute atomic E-state index is 11.3. The molecular formula is C11H15N5O. The van der Waals surface area contributed by atoms with Gasteiger partial charge >= 0.3 is 0 Å². The van der Waals surface area contributed by atoms with E-state index in [2.05, 4.69) is 4.98 Å². The summed E-state index contributed by atoms with van der Waals surface area (Å²) in [4.78, 5) is 15.7. The van der Waals surface area contributed by atoms with Gasteiger partial charge in [-0.15, -0.1) is 0 Å². The molecule has 2 aromatic rings. The predicted octanol–water partition coefficient (Wildman–Crippen LogP) is -0.129. The van der Waals surface area contributed by atoms with Gasteiger partial charge in [0.05, 0.1) is 11.0 Å². The molecule has 1 amide bonds. The van der Waals surface area contributed by atoms with Crippen molar-refractivity contribution in [1.29, 1.82) is 0 Å².